The summed E-state index contributed by atoms with van der Waals surface area (Å²) in [7, 11) is 0. The van der Waals surface area contributed by atoms with Crippen LogP contribution in [0, 0.1) is 12.7 Å². The molecule has 3 rings (SSSR count). The van der Waals surface area contributed by atoms with Gasteiger partial charge in [0, 0.05) is 29.6 Å². The number of hydrogen-bond donors (Lipinski definition) is 1. The molecule has 4 nitrogen and oxygen atoms in total. The minimum absolute atomic E-state index is 0.0952. The lowest BCUT2D eigenvalue weighted by Crippen LogP contribution is -2.52. The number of carbonyl (C=O) groups is 2. The SMILES string of the molecule is Cc1ccccc1CN(C(=O)Cc1c(F)cccc1Cl)C(Cc1ccccc1)C(=O)NC(C)C. The Morgan fingerprint density at radius 1 is 0.971 bits per heavy atom. The first-order chi connectivity index (χ1) is 16.3. The third kappa shape index (κ3) is 6.67. The predicted molar refractivity (Wildman–Crippen MR) is 134 cm³/mol. The van der Waals surface area contributed by atoms with Gasteiger partial charge in [0.1, 0.15) is 11.9 Å². The number of aryl methyl sites for hydroxylation is 1. The van der Waals surface area contributed by atoms with E-state index in [4.69, 9.17) is 11.6 Å². The molecule has 2 amide bonds. The largest absolute Gasteiger partial charge is 0.352 e. The lowest BCUT2D eigenvalue weighted by molar-refractivity contribution is -0.141. The summed E-state index contributed by atoms with van der Waals surface area (Å²) in [5, 5.41) is 3.14. The zero-order valence-electron chi connectivity index (χ0n) is 19.7. The molecule has 178 valence electrons. The number of benzene rings is 3. The Morgan fingerprint density at radius 2 is 1.65 bits per heavy atom. The monoisotopic (exact) mass is 480 g/mol. The molecule has 0 bridgehead atoms. The molecule has 3 aromatic carbocycles. The fraction of sp³-hybridized carbons (Fsp3) is 0.286. The van der Waals surface area contributed by atoms with Gasteiger partial charge >= 0.3 is 0 Å². The second kappa shape index (κ2) is 11.8. The molecule has 0 fully saturated rings. The Hall–Kier alpha value is -3.18. The summed E-state index contributed by atoms with van der Waals surface area (Å²) < 4.78 is 14.5. The molecule has 1 atom stereocenters. The van der Waals surface area contributed by atoms with E-state index in [1.807, 2.05) is 75.4 Å². The van der Waals surface area contributed by atoms with Gasteiger partial charge in [-0.1, -0.05) is 72.3 Å². The average Bonchev–Trinajstić information content (AvgIpc) is 2.80. The van der Waals surface area contributed by atoms with E-state index < -0.39 is 11.9 Å². The van der Waals surface area contributed by atoms with Crippen molar-refractivity contribution in [2.45, 2.75) is 52.2 Å². The first-order valence-corrected chi connectivity index (χ1v) is 11.7. The van der Waals surface area contributed by atoms with E-state index in [-0.39, 0.29) is 41.4 Å². The molecule has 1 N–H and O–H groups in total. The standard InChI is InChI=1S/C28H30ClFN2O2/c1-19(2)31-28(34)26(16-21-11-5-4-6-12-21)32(18-22-13-8-7-10-20(22)3)27(33)17-23-24(29)14-9-15-25(23)30/h4-15,19,26H,16-18H2,1-3H3,(H,31,34). The highest BCUT2D eigenvalue weighted by atomic mass is 35.5. The van der Waals surface area contributed by atoms with Gasteiger partial charge < -0.3 is 10.2 Å². The quantitative estimate of drug-likeness (QED) is 0.440. The molecular weight excluding hydrogens is 451 g/mol. The highest BCUT2D eigenvalue weighted by Crippen LogP contribution is 2.23. The average molecular weight is 481 g/mol. The fourth-order valence-electron chi connectivity index (χ4n) is 3.86. The second-order valence-electron chi connectivity index (χ2n) is 8.69. The number of nitrogens with one attached hydrogen (secondary N) is 1. The van der Waals surface area contributed by atoms with Gasteiger partial charge in [-0.3, -0.25) is 9.59 Å². The maximum absolute atomic E-state index is 14.5. The van der Waals surface area contributed by atoms with Gasteiger partial charge in [0.05, 0.1) is 6.42 Å². The zero-order valence-corrected chi connectivity index (χ0v) is 20.5. The fourth-order valence-corrected chi connectivity index (χ4v) is 4.09. The lowest BCUT2D eigenvalue weighted by Gasteiger charge is -2.32. The summed E-state index contributed by atoms with van der Waals surface area (Å²) in [6.07, 6.45) is 0.0969. The number of halogens is 2. The van der Waals surface area contributed by atoms with E-state index in [0.717, 1.165) is 16.7 Å². The summed E-state index contributed by atoms with van der Waals surface area (Å²) >= 11 is 6.21. The maximum atomic E-state index is 14.5. The minimum atomic E-state index is -0.776. The van der Waals surface area contributed by atoms with Crippen LogP contribution in [0.4, 0.5) is 4.39 Å². The van der Waals surface area contributed by atoms with Crippen LogP contribution in [0.2, 0.25) is 5.02 Å². The molecule has 0 aliphatic heterocycles. The van der Waals surface area contributed by atoms with E-state index in [0.29, 0.717) is 6.42 Å². The van der Waals surface area contributed by atoms with Gasteiger partial charge in [-0.25, -0.2) is 4.39 Å². The van der Waals surface area contributed by atoms with Crippen molar-refractivity contribution in [3.8, 4) is 0 Å². The van der Waals surface area contributed by atoms with Crippen LogP contribution in [-0.4, -0.2) is 28.8 Å². The second-order valence-corrected chi connectivity index (χ2v) is 9.10. The van der Waals surface area contributed by atoms with Crippen LogP contribution in [0.15, 0.2) is 72.8 Å². The highest BCUT2D eigenvalue weighted by molar-refractivity contribution is 6.31. The first kappa shape index (κ1) is 25.4. The van der Waals surface area contributed by atoms with Crippen molar-refractivity contribution in [3.63, 3.8) is 0 Å². The van der Waals surface area contributed by atoms with Gasteiger partial charge in [0.2, 0.25) is 11.8 Å². The van der Waals surface area contributed by atoms with Crippen LogP contribution < -0.4 is 5.32 Å². The Morgan fingerprint density at radius 3 is 2.29 bits per heavy atom. The van der Waals surface area contributed by atoms with Gasteiger partial charge in [0.15, 0.2) is 0 Å². The molecule has 0 spiro atoms. The summed E-state index contributed by atoms with van der Waals surface area (Å²) in [5.74, 6) is -1.15. The van der Waals surface area contributed by atoms with Crippen LogP contribution in [0.5, 0.6) is 0 Å². The molecule has 6 heteroatoms. The van der Waals surface area contributed by atoms with E-state index >= 15 is 0 Å². The number of rotatable bonds is 9. The Kier molecular flexibility index (Phi) is 8.83. The predicted octanol–water partition coefficient (Wildman–Crippen LogP) is 5.49. The number of hydrogen-bond acceptors (Lipinski definition) is 2. The molecule has 0 heterocycles. The summed E-state index contributed by atoms with van der Waals surface area (Å²) in [4.78, 5) is 28.6. The van der Waals surface area contributed by atoms with Crippen LogP contribution >= 0.6 is 11.6 Å². The molecular formula is C28H30ClFN2O2. The van der Waals surface area contributed by atoms with E-state index in [9.17, 15) is 14.0 Å². The van der Waals surface area contributed by atoms with E-state index in [2.05, 4.69) is 5.32 Å². The van der Waals surface area contributed by atoms with Gasteiger partial charge in [-0.05, 0) is 49.6 Å². The lowest BCUT2D eigenvalue weighted by atomic mass is 10.00. The third-order valence-corrected chi connectivity index (χ3v) is 6.05. The molecule has 0 saturated heterocycles. The molecule has 0 radical (unpaired) electrons. The van der Waals surface area contributed by atoms with Crippen LogP contribution in [0.1, 0.15) is 36.1 Å². The normalized spacial score (nSPS) is 11.8. The third-order valence-electron chi connectivity index (χ3n) is 5.69. The summed E-state index contributed by atoms with van der Waals surface area (Å²) in [5.41, 5.74) is 2.99. The van der Waals surface area contributed by atoms with Crippen molar-refractivity contribution in [1.82, 2.24) is 10.2 Å². The van der Waals surface area contributed by atoms with Gasteiger partial charge in [-0.15, -0.1) is 0 Å². The zero-order chi connectivity index (χ0) is 24.7. The van der Waals surface area contributed by atoms with Crippen LogP contribution in [0.3, 0.4) is 0 Å². The van der Waals surface area contributed by atoms with Crippen molar-refractivity contribution in [3.05, 3.63) is 106 Å². The molecule has 1 unspecified atom stereocenters. The number of carbonyl (C=O) groups excluding carboxylic acids is 2. The highest BCUT2D eigenvalue weighted by Gasteiger charge is 2.31. The van der Waals surface area contributed by atoms with Gasteiger partial charge in [-0.2, -0.15) is 0 Å². The van der Waals surface area contributed by atoms with Crippen molar-refractivity contribution >= 4 is 23.4 Å². The Labute approximate surface area is 205 Å². The minimum Gasteiger partial charge on any atom is -0.352 e. The summed E-state index contributed by atoms with van der Waals surface area (Å²) in [6.45, 7) is 5.95. The first-order valence-electron chi connectivity index (χ1n) is 11.4. The van der Waals surface area contributed by atoms with Crippen LogP contribution in [-0.2, 0) is 29.0 Å². The number of nitrogens with zero attached hydrogens (tertiary/aromatic N) is 1. The van der Waals surface area contributed by atoms with Crippen LogP contribution in [0.25, 0.3) is 0 Å². The van der Waals surface area contributed by atoms with Crippen molar-refractivity contribution in [2.24, 2.45) is 0 Å². The Balaban J connectivity index is 2.02. The van der Waals surface area contributed by atoms with Gasteiger partial charge in [0.25, 0.3) is 0 Å². The topological polar surface area (TPSA) is 49.4 Å². The van der Waals surface area contributed by atoms with Crippen molar-refractivity contribution in [2.75, 3.05) is 0 Å². The van der Waals surface area contributed by atoms with E-state index in [1.54, 1.807) is 11.0 Å². The van der Waals surface area contributed by atoms with Crippen molar-refractivity contribution < 1.29 is 14.0 Å². The number of amides is 2. The van der Waals surface area contributed by atoms with Crippen molar-refractivity contribution in [1.29, 1.82) is 0 Å². The maximum Gasteiger partial charge on any atom is 0.243 e. The molecule has 0 aliphatic carbocycles. The molecule has 0 aromatic heterocycles. The van der Waals surface area contributed by atoms with E-state index in [1.165, 1.54) is 12.1 Å². The molecule has 3 aromatic rings. The smallest absolute Gasteiger partial charge is 0.243 e. The summed E-state index contributed by atoms with van der Waals surface area (Å²) in [6, 6.07) is 20.8. The molecule has 0 aliphatic rings. The Bertz CT molecular complexity index is 1110. The molecule has 0 saturated carbocycles. The molecule has 34 heavy (non-hydrogen) atoms.